The van der Waals surface area contributed by atoms with Crippen molar-refractivity contribution in [2.45, 2.75) is 53.1 Å². The second kappa shape index (κ2) is 13.2. The van der Waals surface area contributed by atoms with Gasteiger partial charge in [-0.3, -0.25) is 9.59 Å². The Labute approximate surface area is 214 Å². The second-order valence-electron chi connectivity index (χ2n) is 8.19. The van der Waals surface area contributed by atoms with Crippen molar-refractivity contribution in [3.63, 3.8) is 0 Å². The normalized spacial score (nSPS) is 11.9. The molecular formula is C25H31BrCl2N2O3. The van der Waals surface area contributed by atoms with Crippen molar-refractivity contribution >= 4 is 50.9 Å². The number of rotatable bonds is 11. The molecule has 0 radical (unpaired) electrons. The van der Waals surface area contributed by atoms with Gasteiger partial charge in [-0.15, -0.1) is 0 Å². The lowest BCUT2D eigenvalue weighted by atomic mass is 10.1. The Morgan fingerprint density at radius 1 is 1.12 bits per heavy atom. The van der Waals surface area contributed by atoms with E-state index < -0.39 is 6.04 Å². The fourth-order valence-electron chi connectivity index (χ4n) is 3.30. The highest BCUT2D eigenvalue weighted by Gasteiger charge is 2.30. The predicted octanol–water partition coefficient (Wildman–Crippen LogP) is 6.28. The van der Waals surface area contributed by atoms with Gasteiger partial charge in [0.1, 0.15) is 11.8 Å². The van der Waals surface area contributed by atoms with Crippen LogP contribution in [0.25, 0.3) is 0 Å². The van der Waals surface area contributed by atoms with Gasteiger partial charge in [0, 0.05) is 28.7 Å². The number of amides is 2. The summed E-state index contributed by atoms with van der Waals surface area (Å²) in [7, 11) is 0. The van der Waals surface area contributed by atoms with Gasteiger partial charge in [-0.1, -0.05) is 63.0 Å². The van der Waals surface area contributed by atoms with Crippen LogP contribution in [-0.4, -0.2) is 35.9 Å². The maximum Gasteiger partial charge on any atom is 0.261 e. The number of nitrogens with one attached hydrogen (secondary N) is 1. The van der Waals surface area contributed by atoms with Crippen LogP contribution in [-0.2, 0) is 22.6 Å². The summed E-state index contributed by atoms with van der Waals surface area (Å²) < 4.78 is 6.59. The van der Waals surface area contributed by atoms with E-state index in [0.717, 1.165) is 16.5 Å². The van der Waals surface area contributed by atoms with E-state index in [9.17, 15) is 9.59 Å². The number of carbonyl (C=O) groups is 2. The third-order valence-corrected chi connectivity index (χ3v) is 6.54. The Morgan fingerprint density at radius 3 is 2.33 bits per heavy atom. The summed E-state index contributed by atoms with van der Waals surface area (Å²) in [6.07, 6.45) is 1.33. The van der Waals surface area contributed by atoms with Gasteiger partial charge in [0.05, 0.1) is 4.47 Å². The minimum absolute atomic E-state index is 0.101. The maximum atomic E-state index is 13.3. The molecule has 0 bridgehead atoms. The molecule has 1 N–H and O–H groups in total. The molecule has 1 atom stereocenters. The van der Waals surface area contributed by atoms with Crippen molar-refractivity contribution in [1.82, 2.24) is 10.2 Å². The lowest BCUT2D eigenvalue weighted by Crippen LogP contribution is -2.50. The lowest BCUT2D eigenvalue weighted by molar-refractivity contribution is -0.143. The van der Waals surface area contributed by atoms with Crippen molar-refractivity contribution in [2.75, 3.05) is 13.2 Å². The largest absolute Gasteiger partial charge is 0.483 e. The van der Waals surface area contributed by atoms with Gasteiger partial charge in [-0.05, 0) is 64.5 Å². The van der Waals surface area contributed by atoms with E-state index in [1.807, 2.05) is 39.0 Å². The van der Waals surface area contributed by atoms with Crippen molar-refractivity contribution in [3.05, 3.63) is 62.0 Å². The fourth-order valence-corrected chi connectivity index (χ4v) is 4.36. The second-order valence-corrected chi connectivity index (χ2v) is 9.86. The zero-order valence-corrected chi connectivity index (χ0v) is 22.6. The number of aryl methyl sites for hydroxylation is 1. The summed E-state index contributed by atoms with van der Waals surface area (Å²) >= 11 is 16.2. The van der Waals surface area contributed by atoms with Gasteiger partial charge in [0.15, 0.2) is 6.61 Å². The first-order chi connectivity index (χ1) is 15.7. The Kier molecular flexibility index (Phi) is 11.0. The summed E-state index contributed by atoms with van der Waals surface area (Å²) in [4.78, 5) is 27.8. The first-order valence-electron chi connectivity index (χ1n) is 11.1. The van der Waals surface area contributed by atoms with Gasteiger partial charge in [-0.25, -0.2) is 0 Å². The SMILES string of the molecule is CCc1ccc(OCC(=O)N(Cc2c(Cl)cccc2Cl)[C@H](CC)C(=O)NCC(C)C)c(Br)c1. The van der Waals surface area contributed by atoms with E-state index >= 15 is 0 Å². The Morgan fingerprint density at radius 2 is 1.79 bits per heavy atom. The van der Waals surface area contributed by atoms with Crippen LogP contribution in [0.1, 0.15) is 45.2 Å². The molecule has 0 heterocycles. The van der Waals surface area contributed by atoms with E-state index in [-0.39, 0.29) is 25.0 Å². The third-order valence-electron chi connectivity index (χ3n) is 5.22. The summed E-state index contributed by atoms with van der Waals surface area (Å²) in [5, 5.41) is 3.81. The monoisotopic (exact) mass is 556 g/mol. The van der Waals surface area contributed by atoms with E-state index in [4.69, 9.17) is 27.9 Å². The average Bonchev–Trinajstić information content (AvgIpc) is 2.78. The zero-order chi connectivity index (χ0) is 24.5. The minimum atomic E-state index is -0.682. The number of hydrogen-bond acceptors (Lipinski definition) is 3. The molecule has 0 aliphatic rings. The summed E-state index contributed by atoms with van der Waals surface area (Å²) in [6, 6.07) is 10.3. The molecule has 33 heavy (non-hydrogen) atoms. The molecule has 8 heteroatoms. The molecule has 0 aromatic heterocycles. The van der Waals surface area contributed by atoms with Gasteiger partial charge < -0.3 is 15.0 Å². The Balaban J connectivity index is 2.28. The van der Waals surface area contributed by atoms with Gasteiger partial charge >= 0.3 is 0 Å². The van der Waals surface area contributed by atoms with E-state index in [1.165, 1.54) is 4.90 Å². The molecule has 2 amide bonds. The van der Waals surface area contributed by atoms with Crippen LogP contribution in [0.5, 0.6) is 5.75 Å². The van der Waals surface area contributed by atoms with Crippen LogP contribution in [0, 0.1) is 5.92 Å². The summed E-state index contributed by atoms with van der Waals surface area (Å²) in [5.74, 6) is 0.314. The molecule has 2 aromatic rings. The molecule has 5 nitrogen and oxygen atoms in total. The molecular weight excluding hydrogens is 527 g/mol. The Bertz CT molecular complexity index is 948. The van der Waals surface area contributed by atoms with Crippen LogP contribution in [0.4, 0.5) is 0 Å². The van der Waals surface area contributed by atoms with Crippen LogP contribution >= 0.6 is 39.1 Å². The molecule has 0 fully saturated rings. The lowest BCUT2D eigenvalue weighted by Gasteiger charge is -2.31. The molecule has 0 aliphatic carbocycles. The number of carbonyl (C=O) groups excluding carboxylic acids is 2. The Hall–Kier alpha value is -1.76. The standard InChI is InChI=1S/C25H31BrCl2N2O3/c1-5-17-10-11-23(19(26)12-17)33-15-24(31)30(14-18-20(27)8-7-9-21(18)28)22(6-2)25(32)29-13-16(3)4/h7-12,16,22H,5-6,13-15H2,1-4H3,(H,29,32)/t22-/m1/s1. The third kappa shape index (κ3) is 7.90. The van der Waals surface area contributed by atoms with Gasteiger partial charge in [-0.2, -0.15) is 0 Å². The molecule has 0 saturated carbocycles. The molecule has 2 rings (SSSR count). The highest BCUT2D eigenvalue weighted by Crippen LogP contribution is 2.28. The quantitative estimate of drug-likeness (QED) is 0.354. The summed E-state index contributed by atoms with van der Waals surface area (Å²) in [5.41, 5.74) is 1.75. The number of benzene rings is 2. The topological polar surface area (TPSA) is 58.6 Å². The zero-order valence-electron chi connectivity index (χ0n) is 19.5. The smallest absolute Gasteiger partial charge is 0.261 e. The summed E-state index contributed by atoms with van der Waals surface area (Å²) in [6.45, 7) is 8.38. The number of halogens is 3. The minimum Gasteiger partial charge on any atom is -0.483 e. The highest BCUT2D eigenvalue weighted by molar-refractivity contribution is 9.10. The number of ether oxygens (including phenoxy) is 1. The van der Waals surface area contributed by atoms with Crippen LogP contribution in [0.2, 0.25) is 10.0 Å². The first-order valence-corrected chi connectivity index (χ1v) is 12.6. The molecule has 0 unspecified atom stereocenters. The molecule has 0 saturated heterocycles. The van der Waals surface area contributed by atoms with Crippen molar-refractivity contribution in [3.8, 4) is 5.75 Å². The van der Waals surface area contributed by atoms with Crippen LogP contribution < -0.4 is 10.1 Å². The number of nitrogens with zero attached hydrogens (tertiary/aromatic N) is 1. The van der Waals surface area contributed by atoms with E-state index in [0.29, 0.717) is 40.2 Å². The van der Waals surface area contributed by atoms with Gasteiger partial charge in [0.2, 0.25) is 5.91 Å². The fraction of sp³-hybridized carbons (Fsp3) is 0.440. The van der Waals surface area contributed by atoms with Crippen LogP contribution in [0.3, 0.4) is 0 Å². The molecule has 180 valence electrons. The van der Waals surface area contributed by atoms with Gasteiger partial charge in [0.25, 0.3) is 5.91 Å². The highest BCUT2D eigenvalue weighted by atomic mass is 79.9. The van der Waals surface area contributed by atoms with Crippen molar-refractivity contribution in [2.24, 2.45) is 5.92 Å². The van der Waals surface area contributed by atoms with Crippen LogP contribution in [0.15, 0.2) is 40.9 Å². The number of hydrogen-bond donors (Lipinski definition) is 1. The maximum absolute atomic E-state index is 13.3. The average molecular weight is 558 g/mol. The molecule has 0 aliphatic heterocycles. The van der Waals surface area contributed by atoms with Crippen molar-refractivity contribution < 1.29 is 14.3 Å². The van der Waals surface area contributed by atoms with E-state index in [2.05, 4.69) is 28.2 Å². The van der Waals surface area contributed by atoms with Crippen molar-refractivity contribution in [1.29, 1.82) is 0 Å². The predicted molar refractivity (Wildman–Crippen MR) is 138 cm³/mol. The molecule has 2 aromatic carbocycles. The first kappa shape index (κ1) is 27.5. The van der Waals surface area contributed by atoms with E-state index in [1.54, 1.807) is 18.2 Å². The molecule has 0 spiro atoms.